The fraction of sp³-hybridized carbons (Fsp3) is 0.543. The summed E-state index contributed by atoms with van der Waals surface area (Å²) in [6.45, 7) is 9.57. The number of esters is 3. The topological polar surface area (TPSA) is 208 Å². The van der Waals surface area contributed by atoms with Crippen LogP contribution in [0.5, 0.6) is 0 Å². The van der Waals surface area contributed by atoms with Crippen molar-refractivity contribution in [1.82, 2.24) is 10.6 Å². The number of primary amides is 1. The Morgan fingerprint density at radius 1 is 0.900 bits per heavy atom. The molecule has 0 radical (unpaired) electrons. The number of fused-ring (bicyclic) bond motifs is 1. The van der Waals surface area contributed by atoms with E-state index in [4.69, 9.17) is 34.2 Å². The highest BCUT2D eigenvalue weighted by molar-refractivity contribution is 5.89. The Morgan fingerprint density at radius 3 is 2.06 bits per heavy atom. The van der Waals surface area contributed by atoms with Crippen molar-refractivity contribution >= 4 is 36.0 Å². The van der Waals surface area contributed by atoms with Gasteiger partial charge >= 0.3 is 30.1 Å². The van der Waals surface area contributed by atoms with Crippen LogP contribution in [0.4, 0.5) is 9.59 Å². The number of hydrogen-bond acceptors (Lipinski definition) is 12. The number of nitrogens with one attached hydrogen (secondary N) is 2. The minimum absolute atomic E-state index is 0.0647. The van der Waals surface area contributed by atoms with Crippen molar-refractivity contribution in [3.8, 4) is 0 Å². The standard InChI is InChI=1S/C35H47N3O12/c1-34(2,3)49-32(43)37-24(16-20-12-9-8-10-13-20)30(42)48-31-27-21(14-11-15-22(27)23(19-47-31)28(40)45-7)18-46-29(41)25(17-26(36)39)38-33(44)50-35(4,5)6/h8-10,12-14,19,22,24-25,27,31H,11,15-18H2,1-7H3,(H2,36,39)(H,37,43)(H,38,44)/t22-,24+,25+,27-,31+/m1/s1. The van der Waals surface area contributed by atoms with Gasteiger partial charge < -0.3 is 44.8 Å². The molecule has 0 unspecified atom stereocenters. The van der Waals surface area contributed by atoms with Crippen molar-refractivity contribution in [2.75, 3.05) is 13.7 Å². The van der Waals surface area contributed by atoms with E-state index >= 15 is 0 Å². The normalized spacial score (nSPS) is 19.8. The lowest BCUT2D eigenvalue weighted by molar-refractivity contribution is -0.187. The summed E-state index contributed by atoms with van der Waals surface area (Å²) >= 11 is 0. The van der Waals surface area contributed by atoms with Gasteiger partial charge in [-0.15, -0.1) is 0 Å². The van der Waals surface area contributed by atoms with Crippen molar-refractivity contribution < 1.29 is 57.2 Å². The van der Waals surface area contributed by atoms with Crippen molar-refractivity contribution in [2.24, 2.45) is 17.6 Å². The molecule has 4 N–H and O–H groups in total. The Balaban J connectivity index is 1.86. The van der Waals surface area contributed by atoms with Gasteiger partial charge in [-0.1, -0.05) is 36.4 Å². The number of carbonyl (C=O) groups excluding carboxylic acids is 6. The highest BCUT2D eigenvalue weighted by atomic mass is 16.7. The van der Waals surface area contributed by atoms with Gasteiger partial charge in [-0.2, -0.15) is 0 Å². The van der Waals surface area contributed by atoms with Gasteiger partial charge in [0, 0.05) is 12.3 Å². The first-order valence-corrected chi connectivity index (χ1v) is 16.2. The average Bonchev–Trinajstić information content (AvgIpc) is 3.01. The molecule has 1 aromatic rings. The maximum Gasteiger partial charge on any atom is 0.408 e. The van der Waals surface area contributed by atoms with Crippen LogP contribution in [0.2, 0.25) is 0 Å². The Morgan fingerprint density at radius 2 is 1.50 bits per heavy atom. The number of allylic oxidation sites excluding steroid dienone is 1. The highest BCUT2D eigenvalue weighted by Gasteiger charge is 2.46. The minimum Gasteiger partial charge on any atom is -0.466 e. The van der Waals surface area contributed by atoms with Gasteiger partial charge in [0.2, 0.25) is 5.91 Å². The van der Waals surface area contributed by atoms with Gasteiger partial charge in [-0.3, -0.25) is 4.79 Å². The van der Waals surface area contributed by atoms with Crippen LogP contribution in [0.3, 0.4) is 0 Å². The van der Waals surface area contributed by atoms with Crippen LogP contribution in [-0.2, 0) is 54.0 Å². The molecule has 50 heavy (non-hydrogen) atoms. The number of carbonyl (C=O) groups is 6. The van der Waals surface area contributed by atoms with Crippen LogP contribution < -0.4 is 16.4 Å². The predicted octanol–water partition coefficient (Wildman–Crippen LogP) is 3.34. The maximum atomic E-state index is 13.7. The van der Waals surface area contributed by atoms with Crippen LogP contribution in [0.15, 0.2) is 53.8 Å². The second-order valence-electron chi connectivity index (χ2n) is 13.9. The molecule has 0 aromatic heterocycles. The molecule has 1 aromatic carbocycles. The number of ether oxygens (including phenoxy) is 6. The summed E-state index contributed by atoms with van der Waals surface area (Å²) in [5, 5.41) is 4.89. The number of amides is 3. The third-order valence-corrected chi connectivity index (χ3v) is 7.44. The molecule has 5 atom stereocenters. The lowest BCUT2D eigenvalue weighted by Gasteiger charge is -2.40. The molecular formula is C35H47N3O12. The zero-order valence-electron chi connectivity index (χ0n) is 29.4. The van der Waals surface area contributed by atoms with Gasteiger partial charge in [-0.05, 0) is 65.5 Å². The molecule has 15 nitrogen and oxygen atoms in total. The Hall–Kier alpha value is -5.08. The zero-order valence-corrected chi connectivity index (χ0v) is 29.4. The molecule has 0 bridgehead atoms. The number of rotatable bonds is 12. The third kappa shape index (κ3) is 12.1. The van der Waals surface area contributed by atoms with Crippen molar-refractivity contribution in [3.63, 3.8) is 0 Å². The molecule has 1 heterocycles. The lowest BCUT2D eigenvalue weighted by Crippen LogP contribution is -2.49. The second-order valence-corrected chi connectivity index (χ2v) is 13.9. The first-order chi connectivity index (χ1) is 23.4. The summed E-state index contributed by atoms with van der Waals surface area (Å²) in [5.41, 5.74) is 4.96. The van der Waals surface area contributed by atoms with E-state index in [0.717, 1.165) is 5.56 Å². The summed E-state index contributed by atoms with van der Waals surface area (Å²) in [7, 11) is 1.22. The Labute approximate surface area is 291 Å². The quantitative estimate of drug-likeness (QED) is 0.163. The predicted molar refractivity (Wildman–Crippen MR) is 177 cm³/mol. The molecule has 0 spiro atoms. The fourth-order valence-corrected chi connectivity index (χ4v) is 5.41. The van der Waals surface area contributed by atoms with Crippen LogP contribution in [0.25, 0.3) is 0 Å². The maximum absolute atomic E-state index is 13.7. The molecule has 1 aliphatic carbocycles. The van der Waals surface area contributed by atoms with E-state index < -0.39 is 83.8 Å². The van der Waals surface area contributed by atoms with Crippen molar-refractivity contribution in [3.05, 3.63) is 59.4 Å². The summed E-state index contributed by atoms with van der Waals surface area (Å²) in [4.78, 5) is 76.4. The van der Waals surface area contributed by atoms with Gasteiger partial charge in [0.1, 0.15) is 29.9 Å². The van der Waals surface area contributed by atoms with Gasteiger partial charge in [-0.25, -0.2) is 24.0 Å². The zero-order chi connectivity index (χ0) is 37.2. The fourth-order valence-electron chi connectivity index (χ4n) is 5.41. The molecule has 274 valence electrons. The van der Waals surface area contributed by atoms with Crippen LogP contribution in [0, 0.1) is 11.8 Å². The van der Waals surface area contributed by atoms with Crippen LogP contribution >= 0.6 is 0 Å². The summed E-state index contributed by atoms with van der Waals surface area (Å²) < 4.78 is 32.8. The third-order valence-electron chi connectivity index (χ3n) is 7.44. The van der Waals surface area contributed by atoms with Gasteiger partial charge in [0.25, 0.3) is 6.29 Å². The van der Waals surface area contributed by atoms with E-state index in [-0.39, 0.29) is 18.6 Å². The molecule has 0 saturated heterocycles. The monoisotopic (exact) mass is 701 g/mol. The molecule has 1 aliphatic heterocycles. The summed E-state index contributed by atoms with van der Waals surface area (Å²) in [6, 6.07) is 6.31. The van der Waals surface area contributed by atoms with Crippen LogP contribution in [0.1, 0.15) is 66.4 Å². The first kappa shape index (κ1) is 39.4. The number of methoxy groups -OCH3 is 1. The largest absolute Gasteiger partial charge is 0.466 e. The summed E-state index contributed by atoms with van der Waals surface area (Å²) in [5.74, 6) is -4.74. The second kappa shape index (κ2) is 17.0. The SMILES string of the molecule is COC(=O)C1=CO[C@@H](OC(=O)[C@H](Cc2ccccc2)NC(=O)OC(C)(C)C)[C@@H]2C(COC(=O)[C@H](CC(N)=O)NC(=O)OC(C)(C)C)=CCC[C@H]12. The number of hydrogen-bond donors (Lipinski definition) is 3. The molecule has 15 heteroatoms. The Kier molecular flexibility index (Phi) is 13.4. The molecular weight excluding hydrogens is 654 g/mol. The van der Waals surface area contributed by atoms with E-state index in [2.05, 4.69) is 10.6 Å². The van der Waals surface area contributed by atoms with Crippen molar-refractivity contribution in [1.29, 1.82) is 0 Å². The van der Waals surface area contributed by atoms with Crippen molar-refractivity contribution in [2.45, 2.75) is 96.8 Å². The van der Waals surface area contributed by atoms with E-state index in [1.165, 1.54) is 13.4 Å². The smallest absolute Gasteiger partial charge is 0.408 e. The molecule has 0 saturated carbocycles. The molecule has 3 amide bonds. The van der Waals surface area contributed by atoms with E-state index in [9.17, 15) is 28.8 Å². The van der Waals surface area contributed by atoms with Crippen LogP contribution in [-0.4, -0.2) is 79.3 Å². The van der Waals surface area contributed by atoms with Gasteiger partial charge in [0.05, 0.1) is 31.3 Å². The molecule has 0 fully saturated rings. The van der Waals surface area contributed by atoms with E-state index in [0.29, 0.717) is 18.4 Å². The van der Waals surface area contributed by atoms with Gasteiger partial charge in [0.15, 0.2) is 0 Å². The van der Waals surface area contributed by atoms with E-state index in [1.54, 1.807) is 71.9 Å². The first-order valence-electron chi connectivity index (χ1n) is 16.2. The average molecular weight is 702 g/mol. The molecule has 2 aliphatic rings. The lowest BCUT2D eigenvalue weighted by atomic mass is 9.73. The number of alkyl carbamates (subject to hydrolysis) is 2. The number of benzene rings is 1. The minimum atomic E-state index is -1.46. The Bertz CT molecular complexity index is 1480. The molecule has 3 rings (SSSR count). The van der Waals surface area contributed by atoms with E-state index in [1.807, 2.05) is 6.07 Å². The highest BCUT2D eigenvalue weighted by Crippen LogP contribution is 2.43. The number of nitrogens with two attached hydrogens (primary N) is 1. The summed E-state index contributed by atoms with van der Waals surface area (Å²) in [6.07, 6.45) is 0.250.